The second kappa shape index (κ2) is 11.6. The Hall–Kier alpha value is -2.10. The molecule has 0 heterocycles. The quantitative estimate of drug-likeness (QED) is 0.140. The van der Waals surface area contributed by atoms with Crippen LogP contribution >= 0.6 is 0 Å². The molecule has 0 nitrogen and oxygen atoms in total. The van der Waals surface area contributed by atoms with Gasteiger partial charge in [0, 0.05) is 25.8 Å². The fourth-order valence-corrected chi connectivity index (χ4v) is 7.70. The van der Waals surface area contributed by atoms with Crippen LogP contribution in [0.1, 0.15) is 12.0 Å². The minimum Gasteiger partial charge on any atom is -1.00 e. The molecule has 0 saturated heterocycles. The Morgan fingerprint density at radius 2 is 1.26 bits per heavy atom. The van der Waals surface area contributed by atoms with Gasteiger partial charge in [0.15, 0.2) is 0 Å². The molecule has 1 radical (unpaired) electrons. The first-order valence-electron chi connectivity index (χ1n) is 10.9. The maximum atomic E-state index is 2.41. The summed E-state index contributed by atoms with van der Waals surface area (Å²) in [6, 6.07) is 38.1. The van der Waals surface area contributed by atoms with Crippen molar-refractivity contribution in [3.05, 3.63) is 127 Å². The van der Waals surface area contributed by atoms with E-state index in [9.17, 15) is 0 Å². The summed E-state index contributed by atoms with van der Waals surface area (Å²) in [5.74, 6) is 0. The van der Waals surface area contributed by atoms with Crippen molar-refractivity contribution >= 4 is 51.5 Å². The average Bonchev–Trinajstić information content (AvgIpc) is 3.49. The summed E-state index contributed by atoms with van der Waals surface area (Å²) in [6.45, 7) is 0. The van der Waals surface area contributed by atoms with Gasteiger partial charge >= 0.3 is 0 Å². The molecule has 1 aliphatic rings. The van der Waals surface area contributed by atoms with Crippen LogP contribution in [0, 0.1) is 0 Å². The molecule has 167 valence electrons. The first-order chi connectivity index (χ1) is 15.4. The Labute approximate surface area is 234 Å². The van der Waals surface area contributed by atoms with Gasteiger partial charge < -0.3 is 24.8 Å². The van der Waals surface area contributed by atoms with E-state index in [1.54, 1.807) is 0 Å². The van der Waals surface area contributed by atoms with Crippen LogP contribution in [0.5, 0.6) is 0 Å². The number of benzene rings is 4. The summed E-state index contributed by atoms with van der Waals surface area (Å²) in [5.41, 5.74) is 2.88. The Bertz CT molecular complexity index is 1410. The van der Waals surface area contributed by atoms with Gasteiger partial charge in [-0.2, -0.15) is 0 Å². The molecule has 0 aromatic heterocycles. The molecule has 0 fully saturated rings. The second-order valence-corrected chi connectivity index (χ2v) is 10.6. The molecule has 0 atom stereocenters. The van der Waals surface area contributed by atoms with E-state index in [0.29, 0.717) is 0 Å². The molecule has 6 rings (SSSR count). The average molecular weight is 660 g/mol. The van der Waals surface area contributed by atoms with Crippen LogP contribution in [0.3, 0.4) is 0 Å². The number of halogens is 2. The van der Waals surface area contributed by atoms with Gasteiger partial charge in [-0.1, -0.05) is 136 Å². The zero-order chi connectivity index (χ0) is 20.6. The van der Waals surface area contributed by atoms with E-state index in [2.05, 4.69) is 121 Å². The molecule has 0 spiro atoms. The molecule has 0 aliphatic heterocycles. The second-order valence-electron chi connectivity index (χ2n) is 8.11. The van der Waals surface area contributed by atoms with Crippen LogP contribution in [0.15, 0.2) is 121 Å². The first kappa shape index (κ1) is 26.5. The molecule has 34 heavy (non-hydrogen) atoms. The van der Waals surface area contributed by atoms with Crippen LogP contribution in [0.4, 0.5) is 0 Å². The maximum absolute atomic E-state index is 2.41. The third kappa shape index (κ3) is 4.70. The van der Waals surface area contributed by atoms with E-state index in [1.807, 2.05) is 0 Å². The Kier molecular flexibility index (Phi) is 9.00. The van der Waals surface area contributed by atoms with Crippen molar-refractivity contribution in [3.8, 4) is 0 Å². The molecule has 0 unspecified atom stereocenters. The van der Waals surface area contributed by atoms with Crippen molar-refractivity contribution in [2.75, 3.05) is 0 Å². The standard InChI is InChI=1S/C30H22Si.2ClH.Hf/c1-3-14-24(15-4-1)31(25-16-5-2-6-17-25)29-20-19-27-26-18-10-9-13-23(26)21-28(27)30(29)22-11-7-8-12-22;;;/h1-11,13-21H,12H2;2*1H;/q-1;;;/p-2. The van der Waals surface area contributed by atoms with Gasteiger partial charge in [-0.3, -0.25) is 0 Å². The Morgan fingerprint density at radius 3 is 1.88 bits per heavy atom. The first-order valence-corrected chi connectivity index (χ1v) is 12.4. The van der Waals surface area contributed by atoms with Gasteiger partial charge in [0.2, 0.25) is 0 Å². The van der Waals surface area contributed by atoms with Gasteiger partial charge in [-0.25, -0.2) is 0 Å². The molecule has 1 aliphatic carbocycles. The molecule has 0 N–H and O–H groups in total. The normalized spacial score (nSPS) is 12.2. The number of rotatable bonds is 4. The van der Waals surface area contributed by atoms with Crippen molar-refractivity contribution in [1.29, 1.82) is 0 Å². The van der Waals surface area contributed by atoms with E-state index in [0.717, 1.165) is 6.42 Å². The van der Waals surface area contributed by atoms with Crippen molar-refractivity contribution in [1.82, 2.24) is 0 Å². The number of hydrogen-bond acceptors (Lipinski definition) is 0. The predicted octanol–water partition coefficient (Wildman–Crippen LogP) is -0.423. The van der Waals surface area contributed by atoms with E-state index in [1.165, 1.54) is 48.2 Å². The monoisotopic (exact) mass is 660 g/mol. The largest absolute Gasteiger partial charge is 1.00 e. The minimum atomic E-state index is -1.14. The fraction of sp³-hybridized carbons (Fsp3) is 0.0333. The van der Waals surface area contributed by atoms with Crippen LogP contribution in [0.2, 0.25) is 0 Å². The van der Waals surface area contributed by atoms with Gasteiger partial charge in [0.1, 0.15) is 8.80 Å². The Balaban J connectivity index is 0.00000108. The summed E-state index contributed by atoms with van der Waals surface area (Å²) < 4.78 is 0. The topological polar surface area (TPSA) is 0 Å². The van der Waals surface area contributed by atoms with Crippen molar-refractivity contribution in [2.24, 2.45) is 0 Å². The maximum Gasteiger partial charge on any atom is 0.147 e. The number of fused-ring (bicyclic) bond motifs is 3. The van der Waals surface area contributed by atoms with Crippen LogP contribution in [0.25, 0.3) is 27.1 Å². The molecular formula is C30H22Cl2HfSi-3. The van der Waals surface area contributed by atoms with Gasteiger partial charge in [-0.15, -0.1) is 33.7 Å². The van der Waals surface area contributed by atoms with E-state index in [-0.39, 0.29) is 50.7 Å². The Morgan fingerprint density at radius 1 is 0.647 bits per heavy atom. The van der Waals surface area contributed by atoms with Gasteiger partial charge in [0.25, 0.3) is 0 Å². The third-order valence-corrected chi connectivity index (χ3v) is 9.06. The summed E-state index contributed by atoms with van der Waals surface area (Å²) in [5, 5.41) is 9.79. The van der Waals surface area contributed by atoms with E-state index < -0.39 is 8.80 Å². The molecule has 0 amide bonds. The SMILES string of the molecule is C1=CCC(c2c([Si](c3ccccc3)c3ccccc3)ccc3c2[cH-]c2ccccc23)=C1.[Cl-].[Cl-].[Hf]. The zero-order valence-corrected chi connectivity index (χ0v) is 24.6. The minimum absolute atomic E-state index is 0. The van der Waals surface area contributed by atoms with Crippen molar-refractivity contribution in [3.63, 3.8) is 0 Å². The molecule has 5 aromatic rings. The van der Waals surface area contributed by atoms with Gasteiger partial charge in [-0.05, 0) is 6.42 Å². The molecular weight excluding hydrogens is 638 g/mol. The molecule has 4 heteroatoms. The molecule has 0 saturated carbocycles. The van der Waals surface area contributed by atoms with Gasteiger partial charge in [0.05, 0.1) is 0 Å². The van der Waals surface area contributed by atoms with Crippen LogP contribution in [-0.4, -0.2) is 8.80 Å². The van der Waals surface area contributed by atoms with Crippen molar-refractivity contribution < 1.29 is 50.7 Å². The number of hydrogen-bond donors (Lipinski definition) is 0. The smallest absolute Gasteiger partial charge is 0.147 e. The zero-order valence-electron chi connectivity index (χ0n) is 18.5. The van der Waals surface area contributed by atoms with Crippen LogP contribution in [-0.2, 0) is 25.8 Å². The summed E-state index contributed by atoms with van der Waals surface area (Å²) in [4.78, 5) is 0. The summed E-state index contributed by atoms with van der Waals surface area (Å²) >= 11 is 0. The third-order valence-electron chi connectivity index (χ3n) is 6.28. The predicted molar refractivity (Wildman–Crippen MR) is 136 cm³/mol. The fourth-order valence-electron chi connectivity index (χ4n) is 4.90. The number of allylic oxidation sites excluding steroid dienone is 4. The van der Waals surface area contributed by atoms with Crippen molar-refractivity contribution in [2.45, 2.75) is 6.42 Å². The summed E-state index contributed by atoms with van der Waals surface area (Å²) in [6.07, 6.45) is 7.80. The molecule has 0 bridgehead atoms. The molecule has 5 aromatic carbocycles. The van der Waals surface area contributed by atoms with E-state index >= 15 is 0 Å². The van der Waals surface area contributed by atoms with E-state index in [4.69, 9.17) is 0 Å². The van der Waals surface area contributed by atoms with Crippen LogP contribution < -0.4 is 40.4 Å². The summed E-state index contributed by atoms with van der Waals surface area (Å²) in [7, 11) is -1.14.